The molecular formula is C5H8O3. The molecule has 0 rings (SSSR count). The molecule has 0 saturated carbocycles. The van der Waals surface area contributed by atoms with Gasteiger partial charge in [-0.15, -0.1) is 0 Å². The number of aliphatic carboxylic acids is 1. The summed E-state index contributed by atoms with van der Waals surface area (Å²) in [5, 5.41) is 16.4. The lowest BCUT2D eigenvalue weighted by atomic mass is 10.4. The molecule has 0 aromatic carbocycles. The lowest BCUT2D eigenvalue weighted by Gasteiger charge is -1.86. The zero-order chi connectivity index (χ0) is 6.57. The minimum atomic E-state index is -1.27. The van der Waals surface area contributed by atoms with Crippen molar-refractivity contribution < 1.29 is 15.0 Å². The van der Waals surface area contributed by atoms with Crippen LogP contribution in [0.25, 0.3) is 0 Å². The Morgan fingerprint density at radius 3 is 2.25 bits per heavy atom. The van der Waals surface area contributed by atoms with E-state index in [1.165, 1.54) is 6.08 Å². The molecule has 3 heteroatoms. The van der Waals surface area contributed by atoms with Gasteiger partial charge in [0.15, 0.2) is 5.76 Å². The predicted molar refractivity (Wildman–Crippen MR) is 28.6 cm³/mol. The van der Waals surface area contributed by atoms with E-state index < -0.39 is 11.7 Å². The zero-order valence-electron chi connectivity index (χ0n) is 4.59. The summed E-state index contributed by atoms with van der Waals surface area (Å²) in [5.41, 5.74) is 0. The lowest BCUT2D eigenvalue weighted by molar-refractivity contribution is -0.135. The van der Waals surface area contributed by atoms with Crippen LogP contribution in [0.3, 0.4) is 0 Å². The lowest BCUT2D eigenvalue weighted by Crippen LogP contribution is -1.97. The van der Waals surface area contributed by atoms with E-state index in [1.54, 1.807) is 6.92 Å². The third-order valence-corrected chi connectivity index (χ3v) is 0.617. The van der Waals surface area contributed by atoms with Gasteiger partial charge in [-0.1, -0.05) is 6.92 Å². The van der Waals surface area contributed by atoms with Gasteiger partial charge in [-0.05, 0) is 12.5 Å². The van der Waals surface area contributed by atoms with Crippen molar-refractivity contribution in [1.29, 1.82) is 0 Å². The van der Waals surface area contributed by atoms with Crippen molar-refractivity contribution in [2.45, 2.75) is 13.3 Å². The van der Waals surface area contributed by atoms with Gasteiger partial charge in [-0.2, -0.15) is 0 Å². The molecule has 0 fully saturated rings. The monoisotopic (exact) mass is 116 g/mol. The molecule has 0 spiro atoms. The van der Waals surface area contributed by atoms with Gasteiger partial charge in [-0.25, -0.2) is 4.79 Å². The van der Waals surface area contributed by atoms with Crippen LogP contribution in [-0.4, -0.2) is 16.2 Å². The van der Waals surface area contributed by atoms with E-state index in [2.05, 4.69) is 0 Å². The van der Waals surface area contributed by atoms with Gasteiger partial charge in [0, 0.05) is 0 Å². The van der Waals surface area contributed by atoms with Crippen molar-refractivity contribution in [3.63, 3.8) is 0 Å². The minimum Gasteiger partial charge on any atom is -0.502 e. The normalized spacial score (nSPS) is 11.4. The highest BCUT2D eigenvalue weighted by molar-refractivity contribution is 5.83. The van der Waals surface area contributed by atoms with Gasteiger partial charge in [0.05, 0.1) is 0 Å². The molecule has 2 N–H and O–H groups in total. The molecule has 0 bridgehead atoms. The van der Waals surface area contributed by atoms with E-state index in [0.29, 0.717) is 6.42 Å². The number of hydrogen-bond donors (Lipinski definition) is 2. The van der Waals surface area contributed by atoms with Crippen LogP contribution in [0.1, 0.15) is 13.3 Å². The van der Waals surface area contributed by atoms with E-state index >= 15 is 0 Å². The number of hydrogen-bond acceptors (Lipinski definition) is 2. The van der Waals surface area contributed by atoms with Crippen molar-refractivity contribution in [2.75, 3.05) is 0 Å². The number of carboxylic acid groups (broad SMARTS) is 1. The van der Waals surface area contributed by atoms with Crippen LogP contribution in [0.2, 0.25) is 0 Å². The fourth-order valence-electron chi connectivity index (χ4n) is 0.281. The van der Waals surface area contributed by atoms with Crippen LogP contribution in [0.5, 0.6) is 0 Å². The Balaban J connectivity index is 3.80. The average molecular weight is 116 g/mol. The second-order valence-electron chi connectivity index (χ2n) is 1.30. The summed E-state index contributed by atoms with van der Waals surface area (Å²) in [6.07, 6.45) is 1.78. The van der Waals surface area contributed by atoms with Crippen LogP contribution >= 0.6 is 0 Å². The summed E-state index contributed by atoms with van der Waals surface area (Å²) in [7, 11) is 0. The van der Waals surface area contributed by atoms with E-state index in [4.69, 9.17) is 10.2 Å². The smallest absolute Gasteiger partial charge is 0.370 e. The number of carbonyl (C=O) groups is 1. The Kier molecular flexibility index (Phi) is 2.69. The minimum absolute atomic E-state index is 0.540. The van der Waals surface area contributed by atoms with Gasteiger partial charge >= 0.3 is 5.97 Å². The Bertz CT molecular complexity index is 115. The Morgan fingerprint density at radius 1 is 1.62 bits per heavy atom. The molecule has 0 saturated heterocycles. The topological polar surface area (TPSA) is 57.5 Å². The van der Waals surface area contributed by atoms with Gasteiger partial charge in [-0.3, -0.25) is 0 Å². The summed E-state index contributed by atoms with van der Waals surface area (Å²) >= 11 is 0. The van der Waals surface area contributed by atoms with Crippen LogP contribution in [0, 0.1) is 0 Å². The molecule has 0 atom stereocenters. The standard InChI is InChI=1S/C5H8O3/c1-2-3-4(6)5(7)8/h3,6H,2H2,1H3,(H,7,8)/b4-3+. The summed E-state index contributed by atoms with van der Waals surface area (Å²) in [4.78, 5) is 9.77. The van der Waals surface area contributed by atoms with Crippen molar-refractivity contribution >= 4 is 5.97 Å². The maximum absolute atomic E-state index is 9.77. The average Bonchev–Trinajstić information content (AvgIpc) is 1.67. The third kappa shape index (κ3) is 2.23. The van der Waals surface area contributed by atoms with Crippen molar-refractivity contribution in [2.24, 2.45) is 0 Å². The SMILES string of the molecule is CC/C=C(/O)C(=O)O. The second kappa shape index (κ2) is 3.07. The van der Waals surface area contributed by atoms with Crippen LogP contribution < -0.4 is 0 Å². The number of carboxylic acids is 1. The molecule has 0 aliphatic carbocycles. The molecule has 0 unspecified atom stereocenters. The molecular weight excluding hydrogens is 108 g/mol. The molecule has 0 aromatic rings. The van der Waals surface area contributed by atoms with Gasteiger partial charge in [0.1, 0.15) is 0 Å². The van der Waals surface area contributed by atoms with E-state index in [-0.39, 0.29) is 0 Å². The first-order valence-corrected chi connectivity index (χ1v) is 2.31. The molecule has 8 heavy (non-hydrogen) atoms. The number of allylic oxidation sites excluding steroid dienone is 1. The van der Waals surface area contributed by atoms with Crippen LogP contribution in [0.15, 0.2) is 11.8 Å². The quantitative estimate of drug-likeness (QED) is 0.416. The summed E-state index contributed by atoms with van der Waals surface area (Å²) < 4.78 is 0. The summed E-state index contributed by atoms with van der Waals surface area (Å²) in [5.74, 6) is -1.85. The number of rotatable bonds is 2. The number of aliphatic hydroxyl groups excluding tert-OH is 1. The largest absolute Gasteiger partial charge is 0.502 e. The Hall–Kier alpha value is -0.990. The van der Waals surface area contributed by atoms with Crippen LogP contribution in [-0.2, 0) is 4.79 Å². The number of aliphatic hydroxyl groups is 1. The Morgan fingerprint density at radius 2 is 2.12 bits per heavy atom. The first-order chi connectivity index (χ1) is 3.68. The highest BCUT2D eigenvalue weighted by Crippen LogP contribution is 1.89. The first kappa shape index (κ1) is 7.01. The van der Waals surface area contributed by atoms with E-state index in [9.17, 15) is 4.79 Å². The predicted octanol–water partition coefficient (Wildman–Crippen LogP) is 0.923. The fraction of sp³-hybridized carbons (Fsp3) is 0.400. The molecule has 0 aromatic heterocycles. The molecule has 0 radical (unpaired) electrons. The summed E-state index contributed by atoms with van der Waals surface area (Å²) in [6.45, 7) is 1.75. The zero-order valence-corrected chi connectivity index (χ0v) is 4.59. The van der Waals surface area contributed by atoms with Gasteiger partial charge in [0.25, 0.3) is 0 Å². The molecule has 0 amide bonds. The fourth-order valence-corrected chi connectivity index (χ4v) is 0.281. The van der Waals surface area contributed by atoms with Crippen molar-refractivity contribution in [3.8, 4) is 0 Å². The highest BCUT2D eigenvalue weighted by atomic mass is 16.4. The van der Waals surface area contributed by atoms with Crippen molar-refractivity contribution in [1.82, 2.24) is 0 Å². The van der Waals surface area contributed by atoms with Gasteiger partial charge in [0.2, 0.25) is 0 Å². The summed E-state index contributed by atoms with van der Waals surface area (Å²) in [6, 6.07) is 0. The molecule has 3 nitrogen and oxygen atoms in total. The third-order valence-electron chi connectivity index (χ3n) is 0.617. The molecule has 0 aliphatic rings. The van der Waals surface area contributed by atoms with E-state index in [0.717, 1.165) is 0 Å². The molecule has 0 heterocycles. The highest BCUT2D eigenvalue weighted by Gasteiger charge is 1.99. The van der Waals surface area contributed by atoms with Crippen molar-refractivity contribution in [3.05, 3.63) is 11.8 Å². The Labute approximate surface area is 47.3 Å². The maximum Gasteiger partial charge on any atom is 0.370 e. The molecule has 0 aliphatic heterocycles. The molecule has 46 valence electrons. The maximum atomic E-state index is 9.77. The first-order valence-electron chi connectivity index (χ1n) is 2.31. The van der Waals surface area contributed by atoms with Gasteiger partial charge < -0.3 is 10.2 Å². The second-order valence-corrected chi connectivity index (χ2v) is 1.30. The van der Waals surface area contributed by atoms with E-state index in [1.807, 2.05) is 0 Å². The van der Waals surface area contributed by atoms with Crippen LogP contribution in [0.4, 0.5) is 0 Å².